The molecule has 3 aromatic rings. The lowest BCUT2D eigenvalue weighted by atomic mass is 9.99. The van der Waals surface area contributed by atoms with Gasteiger partial charge in [-0.2, -0.15) is 0 Å². The molecular weight excluding hydrogens is 320 g/mol. The summed E-state index contributed by atoms with van der Waals surface area (Å²) < 4.78 is 0. The van der Waals surface area contributed by atoms with Crippen LogP contribution in [0.5, 0.6) is 0 Å². The van der Waals surface area contributed by atoms with Crippen molar-refractivity contribution in [3.63, 3.8) is 0 Å². The highest BCUT2D eigenvalue weighted by Gasteiger charge is 2.17. The Morgan fingerprint density at radius 2 is 1.77 bits per heavy atom. The predicted molar refractivity (Wildman–Crippen MR) is 106 cm³/mol. The lowest BCUT2D eigenvalue weighted by Crippen LogP contribution is -2.27. The fourth-order valence-corrected chi connectivity index (χ4v) is 3.15. The minimum atomic E-state index is 0.0631. The average Bonchev–Trinajstić information content (AvgIpc) is 2.69. The zero-order chi connectivity index (χ0) is 18.4. The SMILES string of the molecule is Cc1ccc(CC(NC(C)c2cccc(CO)c2)c2ccccn2)cc1. The van der Waals surface area contributed by atoms with Gasteiger partial charge in [-0.3, -0.25) is 4.98 Å². The standard InChI is InChI=1S/C23H26N2O/c1-17-9-11-19(12-10-17)15-23(22-8-3-4-13-24-22)25-18(2)21-7-5-6-20(14-21)16-26/h3-14,18,23,25-26H,15-16H2,1-2H3. The summed E-state index contributed by atoms with van der Waals surface area (Å²) >= 11 is 0. The highest BCUT2D eigenvalue weighted by Crippen LogP contribution is 2.23. The van der Waals surface area contributed by atoms with Gasteiger partial charge in [0.15, 0.2) is 0 Å². The van der Waals surface area contributed by atoms with Crippen LogP contribution >= 0.6 is 0 Å². The van der Waals surface area contributed by atoms with E-state index in [1.807, 2.05) is 30.5 Å². The molecule has 3 nitrogen and oxygen atoms in total. The minimum Gasteiger partial charge on any atom is -0.392 e. The van der Waals surface area contributed by atoms with Crippen LogP contribution in [-0.2, 0) is 13.0 Å². The number of nitrogens with zero attached hydrogens (tertiary/aromatic N) is 1. The second kappa shape index (κ2) is 8.75. The summed E-state index contributed by atoms with van der Waals surface area (Å²) in [6.45, 7) is 4.32. The number of pyridine rings is 1. The first-order chi connectivity index (χ1) is 12.7. The van der Waals surface area contributed by atoms with Crippen molar-refractivity contribution >= 4 is 0 Å². The van der Waals surface area contributed by atoms with E-state index in [9.17, 15) is 5.11 Å². The van der Waals surface area contributed by atoms with Crippen LogP contribution in [0.2, 0.25) is 0 Å². The molecule has 3 rings (SSSR count). The van der Waals surface area contributed by atoms with Gasteiger partial charge in [0.1, 0.15) is 0 Å². The van der Waals surface area contributed by atoms with E-state index >= 15 is 0 Å². The molecule has 0 bridgehead atoms. The molecule has 2 atom stereocenters. The maximum Gasteiger partial charge on any atom is 0.0681 e. The highest BCUT2D eigenvalue weighted by atomic mass is 16.3. The summed E-state index contributed by atoms with van der Waals surface area (Å²) in [6, 6.07) is 23.1. The molecule has 0 aliphatic heterocycles. The summed E-state index contributed by atoms with van der Waals surface area (Å²) in [4.78, 5) is 4.57. The first-order valence-electron chi connectivity index (χ1n) is 9.08. The maximum atomic E-state index is 9.39. The molecule has 0 aliphatic carbocycles. The molecule has 1 aromatic heterocycles. The molecule has 0 aliphatic rings. The summed E-state index contributed by atoms with van der Waals surface area (Å²) in [5, 5.41) is 13.1. The lowest BCUT2D eigenvalue weighted by Gasteiger charge is -2.24. The Labute approximate surface area is 155 Å². The quantitative estimate of drug-likeness (QED) is 0.661. The van der Waals surface area contributed by atoms with Crippen molar-refractivity contribution in [1.82, 2.24) is 10.3 Å². The van der Waals surface area contributed by atoms with Crippen LogP contribution in [0.25, 0.3) is 0 Å². The van der Waals surface area contributed by atoms with Crippen molar-refractivity contribution in [2.24, 2.45) is 0 Å². The number of aliphatic hydroxyl groups excluding tert-OH is 1. The number of benzene rings is 2. The van der Waals surface area contributed by atoms with E-state index in [-0.39, 0.29) is 18.7 Å². The lowest BCUT2D eigenvalue weighted by molar-refractivity contribution is 0.281. The van der Waals surface area contributed by atoms with Crippen LogP contribution in [0.4, 0.5) is 0 Å². The molecule has 0 radical (unpaired) electrons. The Hall–Kier alpha value is -2.49. The minimum absolute atomic E-state index is 0.0631. The number of nitrogens with one attached hydrogen (secondary N) is 1. The molecule has 2 aromatic carbocycles. The zero-order valence-electron chi connectivity index (χ0n) is 15.4. The van der Waals surface area contributed by atoms with E-state index in [4.69, 9.17) is 0 Å². The number of hydrogen-bond donors (Lipinski definition) is 2. The van der Waals surface area contributed by atoms with E-state index in [1.165, 1.54) is 16.7 Å². The fraction of sp³-hybridized carbons (Fsp3) is 0.261. The fourth-order valence-electron chi connectivity index (χ4n) is 3.15. The van der Waals surface area contributed by atoms with Gasteiger partial charge in [0.2, 0.25) is 0 Å². The van der Waals surface area contributed by atoms with E-state index < -0.39 is 0 Å². The molecular formula is C23H26N2O. The second-order valence-corrected chi connectivity index (χ2v) is 6.79. The molecule has 0 spiro atoms. The first kappa shape index (κ1) is 18.3. The largest absolute Gasteiger partial charge is 0.392 e. The number of aliphatic hydroxyl groups is 1. The summed E-state index contributed by atoms with van der Waals surface area (Å²) in [7, 11) is 0. The van der Waals surface area contributed by atoms with Gasteiger partial charge in [-0.15, -0.1) is 0 Å². The monoisotopic (exact) mass is 346 g/mol. The van der Waals surface area contributed by atoms with Gasteiger partial charge in [0.25, 0.3) is 0 Å². The smallest absolute Gasteiger partial charge is 0.0681 e. The zero-order valence-corrected chi connectivity index (χ0v) is 15.4. The summed E-state index contributed by atoms with van der Waals surface area (Å²) in [5.41, 5.74) is 5.70. The molecule has 0 saturated heterocycles. The van der Waals surface area contributed by atoms with Crippen molar-refractivity contribution in [2.75, 3.05) is 0 Å². The Balaban J connectivity index is 1.82. The normalized spacial score (nSPS) is 13.3. The van der Waals surface area contributed by atoms with Gasteiger partial charge in [-0.1, -0.05) is 60.2 Å². The molecule has 3 heteroatoms. The molecule has 2 unspecified atom stereocenters. The van der Waals surface area contributed by atoms with Gasteiger partial charge < -0.3 is 10.4 Å². The van der Waals surface area contributed by atoms with Gasteiger partial charge in [-0.05, 0) is 49.1 Å². The second-order valence-electron chi connectivity index (χ2n) is 6.79. The summed E-state index contributed by atoms with van der Waals surface area (Å²) in [5.74, 6) is 0. The predicted octanol–water partition coefficient (Wildman–Crippen LogP) is 4.52. The van der Waals surface area contributed by atoms with E-state index in [0.29, 0.717) is 0 Å². The maximum absolute atomic E-state index is 9.39. The van der Waals surface area contributed by atoms with Crippen LogP contribution in [0.3, 0.4) is 0 Å². The summed E-state index contributed by atoms with van der Waals surface area (Å²) in [6.07, 6.45) is 2.72. The molecule has 2 N–H and O–H groups in total. The Kier molecular flexibility index (Phi) is 6.16. The number of rotatable bonds is 7. The van der Waals surface area contributed by atoms with Crippen molar-refractivity contribution in [3.05, 3.63) is 101 Å². The van der Waals surface area contributed by atoms with Crippen molar-refractivity contribution in [3.8, 4) is 0 Å². The van der Waals surface area contributed by atoms with Gasteiger partial charge in [0.05, 0.1) is 18.3 Å². The first-order valence-corrected chi connectivity index (χ1v) is 9.08. The number of aryl methyl sites for hydroxylation is 1. The van der Waals surface area contributed by atoms with E-state index in [0.717, 1.165) is 17.7 Å². The average molecular weight is 346 g/mol. The highest BCUT2D eigenvalue weighted by molar-refractivity contribution is 5.27. The van der Waals surface area contributed by atoms with Crippen LogP contribution in [-0.4, -0.2) is 10.1 Å². The van der Waals surface area contributed by atoms with Gasteiger partial charge >= 0.3 is 0 Å². The van der Waals surface area contributed by atoms with E-state index in [2.05, 4.69) is 66.6 Å². The molecule has 1 heterocycles. The van der Waals surface area contributed by atoms with Crippen LogP contribution in [0.1, 0.15) is 47.0 Å². The van der Waals surface area contributed by atoms with Crippen LogP contribution < -0.4 is 5.32 Å². The topological polar surface area (TPSA) is 45.1 Å². The number of aromatic nitrogens is 1. The third kappa shape index (κ3) is 4.78. The molecule has 0 amide bonds. The van der Waals surface area contributed by atoms with Crippen molar-refractivity contribution < 1.29 is 5.11 Å². The Bertz CT molecular complexity index is 815. The van der Waals surface area contributed by atoms with Crippen LogP contribution in [0, 0.1) is 6.92 Å². The van der Waals surface area contributed by atoms with Crippen molar-refractivity contribution in [1.29, 1.82) is 0 Å². The van der Waals surface area contributed by atoms with Crippen molar-refractivity contribution in [2.45, 2.75) is 39.0 Å². The van der Waals surface area contributed by atoms with Crippen LogP contribution in [0.15, 0.2) is 72.9 Å². The van der Waals surface area contributed by atoms with Gasteiger partial charge in [-0.25, -0.2) is 0 Å². The molecule has 0 fully saturated rings. The van der Waals surface area contributed by atoms with E-state index in [1.54, 1.807) is 0 Å². The molecule has 26 heavy (non-hydrogen) atoms. The third-order valence-corrected chi connectivity index (χ3v) is 4.69. The third-order valence-electron chi connectivity index (χ3n) is 4.69. The Morgan fingerprint density at radius 3 is 2.46 bits per heavy atom. The number of hydrogen-bond acceptors (Lipinski definition) is 3. The Morgan fingerprint density at radius 1 is 0.962 bits per heavy atom. The molecule has 134 valence electrons. The molecule has 0 saturated carbocycles. The van der Waals surface area contributed by atoms with Gasteiger partial charge in [0, 0.05) is 12.2 Å².